The Morgan fingerprint density at radius 2 is 1.39 bits per heavy atom. The van der Waals surface area contributed by atoms with E-state index in [-0.39, 0.29) is 5.56 Å². The zero-order valence-electron chi connectivity index (χ0n) is 14.9. The first-order valence-electron chi connectivity index (χ1n) is 8.07. The molecule has 0 bridgehead atoms. The average Bonchev–Trinajstić information content (AvgIpc) is 2.70. The van der Waals surface area contributed by atoms with E-state index in [4.69, 9.17) is 44.3 Å². The van der Waals surface area contributed by atoms with Gasteiger partial charge >= 0.3 is 0 Å². The van der Waals surface area contributed by atoms with E-state index < -0.39 is 0 Å². The SMILES string of the molecule is COc1c[nH]c(=O)c2cc(Cl)ccc12.COc1cnc(Cl)c2cc(Cl)ccc12. The van der Waals surface area contributed by atoms with Crippen LogP contribution < -0.4 is 15.0 Å². The van der Waals surface area contributed by atoms with Gasteiger partial charge in [-0.2, -0.15) is 0 Å². The fourth-order valence-electron chi connectivity index (χ4n) is 2.69. The van der Waals surface area contributed by atoms with Gasteiger partial charge in [-0.25, -0.2) is 4.98 Å². The summed E-state index contributed by atoms with van der Waals surface area (Å²) in [6, 6.07) is 10.6. The Kier molecular flexibility index (Phi) is 6.29. The third kappa shape index (κ3) is 4.17. The van der Waals surface area contributed by atoms with E-state index in [1.54, 1.807) is 56.9 Å². The number of hydrogen-bond acceptors (Lipinski definition) is 4. The maximum absolute atomic E-state index is 11.4. The predicted molar refractivity (Wildman–Crippen MR) is 114 cm³/mol. The lowest BCUT2D eigenvalue weighted by Gasteiger charge is -2.05. The first-order valence-corrected chi connectivity index (χ1v) is 9.20. The summed E-state index contributed by atoms with van der Waals surface area (Å²) in [4.78, 5) is 18.0. The lowest BCUT2D eigenvalue weighted by atomic mass is 10.1. The van der Waals surface area contributed by atoms with Crippen LogP contribution in [0.1, 0.15) is 0 Å². The molecule has 0 aliphatic carbocycles. The van der Waals surface area contributed by atoms with Crippen molar-refractivity contribution in [2.75, 3.05) is 14.2 Å². The van der Waals surface area contributed by atoms with Crippen molar-refractivity contribution in [2.45, 2.75) is 0 Å². The number of fused-ring (bicyclic) bond motifs is 2. The number of pyridine rings is 2. The standard InChI is InChI=1S/C10H7Cl2NO.C10H8ClNO2/c1-14-9-5-13-10(12)8-4-6(11)2-3-7(8)9;1-14-9-5-12-10(13)8-4-6(11)2-3-7(8)9/h2-5H,1H3;2-5H,1H3,(H,12,13). The van der Waals surface area contributed by atoms with Crippen LogP contribution in [0.15, 0.2) is 53.6 Å². The zero-order chi connectivity index (χ0) is 20.3. The van der Waals surface area contributed by atoms with Gasteiger partial charge in [0.15, 0.2) is 0 Å². The average molecular weight is 438 g/mol. The molecule has 8 heteroatoms. The second-order valence-electron chi connectivity index (χ2n) is 5.68. The molecule has 0 saturated heterocycles. The van der Waals surface area contributed by atoms with Gasteiger partial charge in [-0.05, 0) is 36.4 Å². The van der Waals surface area contributed by atoms with Gasteiger partial charge in [0, 0.05) is 32.4 Å². The Hall–Kier alpha value is -2.47. The van der Waals surface area contributed by atoms with E-state index in [1.165, 1.54) is 0 Å². The van der Waals surface area contributed by atoms with Crippen molar-refractivity contribution < 1.29 is 9.47 Å². The van der Waals surface area contributed by atoms with Gasteiger partial charge in [0.1, 0.15) is 16.7 Å². The lowest BCUT2D eigenvalue weighted by Crippen LogP contribution is -2.05. The van der Waals surface area contributed by atoms with E-state index in [0.29, 0.717) is 32.1 Å². The van der Waals surface area contributed by atoms with Crippen LogP contribution in [0.3, 0.4) is 0 Å². The zero-order valence-corrected chi connectivity index (χ0v) is 17.2. The summed E-state index contributed by atoms with van der Waals surface area (Å²) in [5, 5.41) is 4.63. The number of benzene rings is 2. The van der Waals surface area contributed by atoms with Crippen molar-refractivity contribution in [1.29, 1.82) is 0 Å². The molecule has 2 aromatic carbocycles. The van der Waals surface area contributed by atoms with Crippen molar-refractivity contribution in [3.8, 4) is 11.5 Å². The van der Waals surface area contributed by atoms with Gasteiger partial charge in [0.2, 0.25) is 0 Å². The van der Waals surface area contributed by atoms with E-state index in [9.17, 15) is 4.79 Å². The molecule has 2 heterocycles. The number of nitrogens with zero attached hydrogens (tertiary/aromatic N) is 1. The highest BCUT2D eigenvalue weighted by Gasteiger charge is 2.06. The molecule has 4 aromatic rings. The third-order valence-corrected chi connectivity index (χ3v) is 4.80. The Bertz CT molecular complexity index is 1210. The van der Waals surface area contributed by atoms with Crippen LogP contribution in [0.4, 0.5) is 0 Å². The first kappa shape index (κ1) is 20.3. The molecule has 0 unspecified atom stereocenters. The summed E-state index contributed by atoms with van der Waals surface area (Å²) in [5.74, 6) is 1.33. The van der Waals surface area contributed by atoms with Crippen LogP contribution in [0.25, 0.3) is 21.5 Å². The summed E-state index contributed by atoms with van der Waals surface area (Å²) < 4.78 is 10.3. The topological polar surface area (TPSA) is 64.2 Å². The molecular weight excluding hydrogens is 423 g/mol. The molecule has 28 heavy (non-hydrogen) atoms. The number of hydrogen-bond donors (Lipinski definition) is 1. The van der Waals surface area contributed by atoms with E-state index in [2.05, 4.69) is 9.97 Å². The molecule has 2 aromatic heterocycles. The van der Waals surface area contributed by atoms with Crippen LogP contribution >= 0.6 is 34.8 Å². The van der Waals surface area contributed by atoms with Crippen molar-refractivity contribution in [3.63, 3.8) is 0 Å². The Morgan fingerprint density at radius 1 is 0.821 bits per heavy atom. The molecule has 0 radical (unpaired) electrons. The van der Waals surface area contributed by atoms with E-state index in [0.717, 1.165) is 16.2 Å². The smallest absolute Gasteiger partial charge is 0.256 e. The van der Waals surface area contributed by atoms with Crippen LogP contribution in [-0.4, -0.2) is 24.2 Å². The van der Waals surface area contributed by atoms with Crippen molar-refractivity contribution in [2.24, 2.45) is 0 Å². The second-order valence-corrected chi connectivity index (χ2v) is 6.91. The van der Waals surface area contributed by atoms with Gasteiger partial charge in [-0.1, -0.05) is 34.8 Å². The number of methoxy groups -OCH3 is 2. The molecule has 144 valence electrons. The summed E-state index contributed by atoms with van der Waals surface area (Å²) in [6.07, 6.45) is 3.14. The Morgan fingerprint density at radius 3 is 2.00 bits per heavy atom. The normalized spacial score (nSPS) is 10.5. The fraction of sp³-hybridized carbons (Fsp3) is 0.100. The molecule has 5 nitrogen and oxygen atoms in total. The highest BCUT2D eigenvalue weighted by Crippen LogP contribution is 2.31. The number of nitrogens with one attached hydrogen (secondary N) is 1. The van der Waals surface area contributed by atoms with Crippen LogP contribution in [0, 0.1) is 0 Å². The molecule has 0 amide bonds. The Labute approximate surface area is 175 Å². The van der Waals surface area contributed by atoms with Crippen LogP contribution in [-0.2, 0) is 0 Å². The van der Waals surface area contributed by atoms with Crippen molar-refractivity contribution in [1.82, 2.24) is 9.97 Å². The van der Waals surface area contributed by atoms with Gasteiger partial charge in [0.05, 0.1) is 25.8 Å². The minimum absolute atomic E-state index is 0.164. The van der Waals surface area contributed by atoms with Crippen molar-refractivity contribution >= 4 is 56.3 Å². The first-order chi connectivity index (χ1) is 13.4. The highest BCUT2D eigenvalue weighted by atomic mass is 35.5. The van der Waals surface area contributed by atoms with Crippen molar-refractivity contribution in [3.05, 3.63) is 74.3 Å². The van der Waals surface area contributed by atoms with Gasteiger partial charge in [-0.3, -0.25) is 4.79 Å². The maximum Gasteiger partial charge on any atom is 0.256 e. The third-order valence-electron chi connectivity index (χ3n) is 4.03. The fourth-order valence-corrected chi connectivity index (χ4v) is 3.24. The molecule has 1 N–H and O–H groups in total. The minimum atomic E-state index is -0.164. The monoisotopic (exact) mass is 436 g/mol. The molecule has 0 saturated carbocycles. The van der Waals surface area contributed by atoms with E-state index in [1.807, 2.05) is 6.07 Å². The number of aromatic amines is 1. The predicted octanol–water partition coefficient (Wildman–Crippen LogP) is 5.74. The number of rotatable bonds is 2. The lowest BCUT2D eigenvalue weighted by molar-refractivity contribution is 0.418. The molecule has 0 fully saturated rings. The molecule has 0 spiro atoms. The van der Waals surface area contributed by atoms with Crippen LogP contribution in [0.5, 0.6) is 11.5 Å². The van der Waals surface area contributed by atoms with Gasteiger partial charge < -0.3 is 14.5 Å². The molecule has 4 rings (SSSR count). The summed E-state index contributed by atoms with van der Waals surface area (Å²) >= 11 is 17.6. The number of H-pyrrole nitrogens is 1. The largest absolute Gasteiger partial charge is 0.495 e. The second kappa shape index (κ2) is 8.69. The number of halogens is 3. The highest BCUT2D eigenvalue weighted by molar-refractivity contribution is 6.36. The van der Waals surface area contributed by atoms with Crippen LogP contribution in [0.2, 0.25) is 15.2 Å². The molecule has 0 atom stereocenters. The molecule has 0 aliphatic heterocycles. The Balaban J connectivity index is 0.000000161. The van der Waals surface area contributed by atoms with Gasteiger partial charge in [0.25, 0.3) is 5.56 Å². The van der Waals surface area contributed by atoms with E-state index >= 15 is 0 Å². The number of ether oxygens (including phenoxy) is 2. The molecule has 0 aliphatic rings. The summed E-state index contributed by atoms with van der Waals surface area (Å²) in [7, 11) is 3.15. The minimum Gasteiger partial charge on any atom is -0.495 e. The summed E-state index contributed by atoms with van der Waals surface area (Å²) in [5.41, 5.74) is -0.164. The quantitative estimate of drug-likeness (QED) is 0.406. The van der Waals surface area contributed by atoms with Gasteiger partial charge in [-0.15, -0.1) is 0 Å². The molecular formula is C20H15Cl3N2O3. The number of aromatic nitrogens is 2. The summed E-state index contributed by atoms with van der Waals surface area (Å²) in [6.45, 7) is 0. The maximum atomic E-state index is 11.4.